The standard InChI is InChI=1S/C13H18O2/c1-2-11-3-5-13(6-4-11)15-10-12-7-8-14-9-12/h3-6,12H,2,7-10H2,1H3. The summed E-state index contributed by atoms with van der Waals surface area (Å²) in [5.74, 6) is 1.55. The Morgan fingerprint density at radius 1 is 1.33 bits per heavy atom. The smallest absolute Gasteiger partial charge is 0.119 e. The molecule has 1 aliphatic rings. The van der Waals surface area contributed by atoms with Gasteiger partial charge in [-0.05, 0) is 30.5 Å². The number of rotatable bonds is 4. The van der Waals surface area contributed by atoms with Crippen LogP contribution in [0.2, 0.25) is 0 Å². The van der Waals surface area contributed by atoms with Crippen molar-refractivity contribution in [3.05, 3.63) is 29.8 Å². The van der Waals surface area contributed by atoms with Gasteiger partial charge in [-0.3, -0.25) is 0 Å². The summed E-state index contributed by atoms with van der Waals surface area (Å²) in [5, 5.41) is 0. The molecule has 0 saturated carbocycles. The average Bonchev–Trinajstić information content (AvgIpc) is 2.80. The summed E-state index contributed by atoms with van der Waals surface area (Å²) in [6.07, 6.45) is 2.21. The Kier molecular flexibility index (Phi) is 3.62. The minimum Gasteiger partial charge on any atom is -0.493 e. The summed E-state index contributed by atoms with van der Waals surface area (Å²) in [5.41, 5.74) is 1.35. The van der Waals surface area contributed by atoms with Gasteiger partial charge in [0.25, 0.3) is 0 Å². The SMILES string of the molecule is CCc1ccc(OCC2CCOC2)cc1. The van der Waals surface area contributed by atoms with Crippen LogP contribution in [0.15, 0.2) is 24.3 Å². The summed E-state index contributed by atoms with van der Waals surface area (Å²) in [4.78, 5) is 0. The van der Waals surface area contributed by atoms with E-state index in [2.05, 4.69) is 31.2 Å². The van der Waals surface area contributed by atoms with Crippen molar-refractivity contribution < 1.29 is 9.47 Å². The molecule has 1 unspecified atom stereocenters. The first-order valence-electron chi connectivity index (χ1n) is 5.68. The van der Waals surface area contributed by atoms with Crippen molar-refractivity contribution in [2.75, 3.05) is 19.8 Å². The van der Waals surface area contributed by atoms with Gasteiger partial charge in [0.1, 0.15) is 5.75 Å². The normalized spacial score (nSPS) is 20.5. The Hall–Kier alpha value is -1.02. The summed E-state index contributed by atoms with van der Waals surface area (Å²) < 4.78 is 11.0. The van der Waals surface area contributed by atoms with E-state index in [0.29, 0.717) is 5.92 Å². The van der Waals surface area contributed by atoms with Gasteiger partial charge in [0, 0.05) is 12.5 Å². The third-order valence-corrected chi connectivity index (χ3v) is 2.84. The lowest BCUT2D eigenvalue weighted by atomic mass is 10.1. The highest BCUT2D eigenvalue weighted by molar-refractivity contribution is 5.27. The third-order valence-electron chi connectivity index (χ3n) is 2.84. The molecule has 0 N–H and O–H groups in total. The fraction of sp³-hybridized carbons (Fsp3) is 0.538. The second-order valence-electron chi connectivity index (χ2n) is 4.04. The van der Waals surface area contributed by atoms with Gasteiger partial charge in [0.05, 0.1) is 13.2 Å². The van der Waals surface area contributed by atoms with Gasteiger partial charge in [0.2, 0.25) is 0 Å². The van der Waals surface area contributed by atoms with Crippen molar-refractivity contribution in [3.8, 4) is 5.75 Å². The first-order chi connectivity index (χ1) is 7.38. The van der Waals surface area contributed by atoms with Crippen molar-refractivity contribution in [1.82, 2.24) is 0 Å². The minimum atomic E-state index is 0.579. The van der Waals surface area contributed by atoms with Crippen LogP contribution in [0.3, 0.4) is 0 Å². The van der Waals surface area contributed by atoms with Crippen molar-refractivity contribution in [2.45, 2.75) is 19.8 Å². The molecule has 15 heavy (non-hydrogen) atoms. The van der Waals surface area contributed by atoms with Gasteiger partial charge in [-0.1, -0.05) is 19.1 Å². The number of aryl methyl sites for hydroxylation is 1. The topological polar surface area (TPSA) is 18.5 Å². The molecule has 0 radical (unpaired) electrons. The Balaban J connectivity index is 1.82. The quantitative estimate of drug-likeness (QED) is 0.754. The van der Waals surface area contributed by atoms with Crippen LogP contribution in [-0.2, 0) is 11.2 Å². The molecule has 2 rings (SSSR count). The van der Waals surface area contributed by atoms with Crippen LogP contribution < -0.4 is 4.74 Å². The van der Waals surface area contributed by atoms with Crippen LogP contribution in [0, 0.1) is 5.92 Å². The van der Waals surface area contributed by atoms with Crippen LogP contribution in [0.5, 0.6) is 5.75 Å². The lowest BCUT2D eigenvalue weighted by Gasteiger charge is -2.10. The van der Waals surface area contributed by atoms with Crippen LogP contribution in [0.25, 0.3) is 0 Å². The fourth-order valence-electron chi connectivity index (χ4n) is 1.75. The van der Waals surface area contributed by atoms with Crippen LogP contribution in [-0.4, -0.2) is 19.8 Å². The maximum Gasteiger partial charge on any atom is 0.119 e. The van der Waals surface area contributed by atoms with Crippen LogP contribution in [0.1, 0.15) is 18.9 Å². The van der Waals surface area contributed by atoms with Gasteiger partial charge in [-0.25, -0.2) is 0 Å². The minimum absolute atomic E-state index is 0.579. The molecule has 1 aromatic rings. The zero-order valence-electron chi connectivity index (χ0n) is 9.24. The monoisotopic (exact) mass is 206 g/mol. The summed E-state index contributed by atoms with van der Waals surface area (Å²) >= 11 is 0. The maximum absolute atomic E-state index is 5.71. The van der Waals surface area contributed by atoms with Gasteiger partial charge in [-0.15, -0.1) is 0 Å². The number of hydrogen-bond acceptors (Lipinski definition) is 2. The summed E-state index contributed by atoms with van der Waals surface area (Å²) in [7, 11) is 0. The van der Waals surface area contributed by atoms with Crippen molar-refractivity contribution in [1.29, 1.82) is 0 Å². The molecule has 1 aromatic carbocycles. The van der Waals surface area contributed by atoms with E-state index in [-0.39, 0.29) is 0 Å². The summed E-state index contributed by atoms with van der Waals surface area (Å²) in [6.45, 7) is 4.69. The molecule has 1 atom stereocenters. The van der Waals surface area contributed by atoms with E-state index < -0.39 is 0 Å². The van der Waals surface area contributed by atoms with E-state index in [1.54, 1.807) is 0 Å². The van der Waals surface area contributed by atoms with Gasteiger partial charge < -0.3 is 9.47 Å². The molecule has 0 amide bonds. The highest BCUT2D eigenvalue weighted by Gasteiger charge is 2.15. The fourth-order valence-corrected chi connectivity index (χ4v) is 1.75. The van der Waals surface area contributed by atoms with E-state index >= 15 is 0 Å². The molecule has 0 bridgehead atoms. The Morgan fingerprint density at radius 3 is 2.73 bits per heavy atom. The lowest BCUT2D eigenvalue weighted by Crippen LogP contribution is -2.11. The van der Waals surface area contributed by atoms with Gasteiger partial charge in [-0.2, -0.15) is 0 Å². The van der Waals surface area contributed by atoms with Crippen molar-refractivity contribution >= 4 is 0 Å². The molecule has 0 aromatic heterocycles. The Morgan fingerprint density at radius 2 is 2.13 bits per heavy atom. The van der Waals surface area contributed by atoms with E-state index in [1.165, 1.54) is 5.56 Å². The Labute approximate surface area is 91.2 Å². The highest BCUT2D eigenvalue weighted by atomic mass is 16.5. The van der Waals surface area contributed by atoms with E-state index in [9.17, 15) is 0 Å². The molecule has 1 aliphatic heterocycles. The molecule has 1 saturated heterocycles. The third kappa shape index (κ3) is 2.96. The molecule has 82 valence electrons. The molecule has 1 heterocycles. The van der Waals surface area contributed by atoms with Gasteiger partial charge in [0.15, 0.2) is 0 Å². The second-order valence-corrected chi connectivity index (χ2v) is 4.04. The van der Waals surface area contributed by atoms with E-state index in [4.69, 9.17) is 9.47 Å². The number of benzene rings is 1. The molecule has 1 fully saturated rings. The van der Waals surface area contributed by atoms with Crippen LogP contribution in [0.4, 0.5) is 0 Å². The summed E-state index contributed by atoms with van der Waals surface area (Å²) in [6, 6.07) is 8.35. The first kappa shape index (κ1) is 10.5. The molecule has 2 heteroatoms. The number of hydrogen-bond donors (Lipinski definition) is 0. The molecule has 2 nitrogen and oxygen atoms in total. The zero-order chi connectivity index (χ0) is 10.5. The van der Waals surface area contributed by atoms with E-state index in [0.717, 1.165) is 38.4 Å². The number of ether oxygens (including phenoxy) is 2. The average molecular weight is 206 g/mol. The maximum atomic E-state index is 5.71. The largest absolute Gasteiger partial charge is 0.493 e. The second kappa shape index (κ2) is 5.17. The highest BCUT2D eigenvalue weighted by Crippen LogP contribution is 2.17. The predicted octanol–water partition coefficient (Wildman–Crippen LogP) is 2.66. The predicted molar refractivity (Wildman–Crippen MR) is 60.2 cm³/mol. The van der Waals surface area contributed by atoms with Crippen LogP contribution >= 0.6 is 0 Å². The van der Waals surface area contributed by atoms with E-state index in [1.807, 2.05) is 0 Å². The lowest BCUT2D eigenvalue weighted by molar-refractivity contribution is 0.167. The molecule has 0 aliphatic carbocycles. The molecular weight excluding hydrogens is 188 g/mol. The van der Waals surface area contributed by atoms with Crippen molar-refractivity contribution in [3.63, 3.8) is 0 Å². The zero-order valence-corrected chi connectivity index (χ0v) is 9.24. The van der Waals surface area contributed by atoms with Crippen molar-refractivity contribution in [2.24, 2.45) is 5.92 Å². The van der Waals surface area contributed by atoms with Gasteiger partial charge >= 0.3 is 0 Å². The molecule has 0 spiro atoms. The Bertz CT molecular complexity index is 286. The molecular formula is C13H18O2. The first-order valence-corrected chi connectivity index (χ1v) is 5.68.